The summed E-state index contributed by atoms with van der Waals surface area (Å²) in [7, 11) is 1.89. The van der Waals surface area contributed by atoms with Crippen LogP contribution in [0.25, 0.3) is 0 Å². The fourth-order valence-corrected chi connectivity index (χ4v) is 1.52. The maximum Gasteiger partial charge on any atom is 0.227 e. The molecule has 1 aliphatic rings. The SMILES string of the molecule is CN(CC1CNC1)C(=O)C(C)(C)C. The van der Waals surface area contributed by atoms with Gasteiger partial charge in [0.05, 0.1) is 0 Å². The van der Waals surface area contributed by atoms with Crippen LogP contribution in [-0.4, -0.2) is 37.5 Å². The molecule has 0 aromatic carbocycles. The average molecular weight is 184 g/mol. The van der Waals surface area contributed by atoms with Crippen molar-refractivity contribution in [3.63, 3.8) is 0 Å². The average Bonchev–Trinajstić information content (AvgIpc) is 1.93. The van der Waals surface area contributed by atoms with Crippen molar-refractivity contribution in [2.24, 2.45) is 11.3 Å². The maximum atomic E-state index is 11.7. The number of carbonyl (C=O) groups is 1. The fourth-order valence-electron chi connectivity index (χ4n) is 1.52. The van der Waals surface area contributed by atoms with Crippen LogP contribution in [0.3, 0.4) is 0 Å². The Morgan fingerprint density at radius 2 is 2.00 bits per heavy atom. The summed E-state index contributed by atoms with van der Waals surface area (Å²) in [6, 6.07) is 0. The van der Waals surface area contributed by atoms with Crippen molar-refractivity contribution in [2.45, 2.75) is 20.8 Å². The highest BCUT2D eigenvalue weighted by atomic mass is 16.2. The van der Waals surface area contributed by atoms with E-state index in [9.17, 15) is 4.79 Å². The topological polar surface area (TPSA) is 32.3 Å². The minimum absolute atomic E-state index is 0.236. The van der Waals surface area contributed by atoms with Crippen LogP contribution in [0.4, 0.5) is 0 Å². The first kappa shape index (κ1) is 10.5. The van der Waals surface area contributed by atoms with E-state index in [2.05, 4.69) is 5.32 Å². The zero-order valence-electron chi connectivity index (χ0n) is 9.05. The van der Waals surface area contributed by atoms with Crippen molar-refractivity contribution < 1.29 is 4.79 Å². The Kier molecular flexibility index (Phi) is 2.96. The summed E-state index contributed by atoms with van der Waals surface area (Å²) in [5, 5.41) is 3.21. The standard InChI is InChI=1S/C10H20N2O/c1-10(2,3)9(13)12(4)7-8-5-11-6-8/h8,11H,5-7H2,1-4H3. The number of rotatable bonds is 2. The highest BCUT2D eigenvalue weighted by molar-refractivity contribution is 5.81. The van der Waals surface area contributed by atoms with Gasteiger partial charge in [-0.2, -0.15) is 0 Å². The largest absolute Gasteiger partial charge is 0.345 e. The summed E-state index contributed by atoms with van der Waals surface area (Å²) in [5.41, 5.74) is -0.244. The summed E-state index contributed by atoms with van der Waals surface area (Å²) in [6.45, 7) is 8.90. The zero-order chi connectivity index (χ0) is 10.1. The van der Waals surface area contributed by atoms with Crippen LogP contribution < -0.4 is 5.32 Å². The molecule has 0 aliphatic carbocycles. The molecule has 13 heavy (non-hydrogen) atoms. The highest BCUT2D eigenvalue weighted by Crippen LogP contribution is 2.17. The Hall–Kier alpha value is -0.570. The maximum absolute atomic E-state index is 11.7. The van der Waals surface area contributed by atoms with Gasteiger partial charge in [0.25, 0.3) is 0 Å². The first-order valence-corrected chi connectivity index (χ1v) is 4.87. The Morgan fingerprint density at radius 3 is 2.31 bits per heavy atom. The van der Waals surface area contributed by atoms with Crippen molar-refractivity contribution in [3.8, 4) is 0 Å². The normalized spacial score (nSPS) is 18.2. The first-order valence-electron chi connectivity index (χ1n) is 4.87. The number of nitrogens with one attached hydrogen (secondary N) is 1. The van der Waals surface area contributed by atoms with Gasteiger partial charge in [-0.25, -0.2) is 0 Å². The van der Waals surface area contributed by atoms with Crippen LogP contribution >= 0.6 is 0 Å². The van der Waals surface area contributed by atoms with Crippen LogP contribution in [-0.2, 0) is 4.79 Å². The summed E-state index contributed by atoms with van der Waals surface area (Å²) in [6.07, 6.45) is 0. The lowest BCUT2D eigenvalue weighted by molar-refractivity contribution is -0.138. The fraction of sp³-hybridized carbons (Fsp3) is 0.900. The molecule has 0 unspecified atom stereocenters. The van der Waals surface area contributed by atoms with Gasteiger partial charge in [-0.1, -0.05) is 20.8 Å². The van der Waals surface area contributed by atoms with Gasteiger partial charge in [-0.15, -0.1) is 0 Å². The van der Waals surface area contributed by atoms with E-state index in [1.54, 1.807) is 0 Å². The summed E-state index contributed by atoms with van der Waals surface area (Å²) >= 11 is 0. The van der Waals surface area contributed by atoms with E-state index in [-0.39, 0.29) is 11.3 Å². The molecule has 1 fully saturated rings. The molecule has 1 rings (SSSR count). The lowest BCUT2D eigenvalue weighted by Crippen LogP contribution is -2.50. The van der Waals surface area contributed by atoms with Gasteiger partial charge in [0.15, 0.2) is 0 Å². The minimum Gasteiger partial charge on any atom is -0.345 e. The number of hydrogen-bond donors (Lipinski definition) is 1. The van der Waals surface area contributed by atoms with Crippen molar-refractivity contribution >= 4 is 5.91 Å². The van der Waals surface area contributed by atoms with E-state index in [1.807, 2.05) is 32.7 Å². The predicted molar refractivity (Wildman–Crippen MR) is 53.5 cm³/mol. The molecule has 0 aromatic rings. The Morgan fingerprint density at radius 1 is 1.46 bits per heavy atom. The van der Waals surface area contributed by atoms with Gasteiger partial charge in [0.2, 0.25) is 5.91 Å². The Balaban J connectivity index is 2.37. The molecule has 1 aliphatic heterocycles. The van der Waals surface area contributed by atoms with Gasteiger partial charge in [-0.3, -0.25) is 4.79 Å². The van der Waals surface area contributed by atoms with Crippen LogP contribution in [0.5, 0.6) is 0 Å². The molecule has 0 saturated carbocycles. The van der Waals surface area contributed by atoms with Crippen LogP contribution in [0.1, 0.15) is 20.8 Å². The van der Waals surface area contributed by atoms with Crippen LogP contribution in [0, 0.1) is 11.3 Å². The van der Waals surface area contributed by atoms with E-state index in [1.165, 1.54) is 0 Å². The van der Waals surface area contributed by atoms with E-state index >= 15 is 0 Å². The molecule has 0 aromatic heterocycles. The van der Waals surface area contributed by atoms with Gasteiger partial charge >= 0.3 is 0 Å². The highest BCUT2D eigenvalue weighted by Gasteiger charge is 2.27. The molecular formula is C10H20N2O. The molecule has 1 N–H and O–H groups in total. The third-order valence-electron chi connectivity index (χ3n) is 2.39. The molecule has 76 valence electrons. The first-order chi connectivity index (χ1) is 5.91. The molecule has 0 radical (unpaired) electrons. The molecule has 1 saturated heterocycles. The zero-order valence-corrected chi connectivity index (χ0v) is 9.05. The van der Waals surface area contributed by atoms with Gasteiger partial charge in [-0.05, 0) is 0 Å². The number of nitrogens with zero attached hydrogens (tertiary/aromatic N) is 1. The summed E-state index contributed by atoms with van der Waals surface area (Å²) in [5.74, 6) is 0.899. The van der Waals surface area contributed by atoms with E-state index in [4.69, 9.17) is 0 Å². The lowest BCUT2D eigenvalue weighted by Gasteiger charge is -2.33. The Labute approximate surface area is 80.5 Å². The molecule has 3 heteroatoms. The van der Waals surface area contributed by atoms with Crippen molar-refractivity contribution in [2.75, 3.05) is 26.7 Å². The minimum atomic E-state index is -0.244. The van der Waals surface area contributed by atoms with Crippen molar-refractivity contribution in [1.29, 1.82) is 0 Å². The third kappa shape index (κ3) is 2.69. The molecular weight excluding hydrogens is 164 g/mol. The monoisotopic (exact) mass is 184 g/mol. The molecule has 0 spiro atoms. The van der Waals surface area contributed by atoms with Crippen LogP contribution in [0.2, 0.25) is 0 Å². The number of carbonyl (C=O) groups excluding carboxylic acids is 1. The van der Waals surface area contributed by atoms with Crippen molar-refractivity contribution in [1.82, 2.24) is 10.2 Å². The van der Waals surface area contributed by atoms with E-state index in [0.29, 0.717) is 5.92 Å². The number of amides is 1. The second-order valence-corrected chi connectivity index (χ2v) is 4.96. The number of hydrogen-bond acceptors (Lipinski definition) is 2. The van der Waals surface area contributed by atoms with Crippen molar-refractivity contribution in [3.05, 3.63) is 0 Å². The molecule has 1 amide bonds. The van der Waals surface area contributed by atoms with Gasteiger partial charge in [0, 0.05) is 38.0 Å². The summed E-state index contributed by atoms with van der Waals surface area (Å²) < 4.78 is 0. The van der Waals surface area contributed by atoms with Crippen LogP contribution in [0.15, 0.2) is 0 Å². The lowest BCUT2D eigenvalue weighted by atomic mass is 9.94. The molecule has 3 nitrogen and oxygen atoms in total. The summed E-state index contributed by atoms with van der Waals surface area (Å²) in [4.78, 5) is 13.6. The van der Waals surface area contributed by atoms with E-state index < -0.39 is 0 Å². The molecule has 0 atom stereocenters. The molecule has 0 bridgehead atoms. The molecule has 1 heterocycles. The van der Waals surface area contributed by atoms with E-state index in [0.717, 1.165) is 19.6 Å². The second kappa shape index (κ2) is 3.66. The predicted octanol–water partition coefficient (Wildman–Crippen LogP) is 0.710. The smallest absolute Gasteiger partial charge is 0.227 e. The third-order valence-corrected chi connectivity index (χ3v) is 2.39. The van der Waals surface area contributed by atoms with Gasteiger partial charge < -0.3 is 10.2 Å². The quantitative estimate of drug-likeness (QED) is 0.685. The van der Waals surface area contributed by atoms with Gasteiger partial charge in [0.1, 0.15) is 0 Å². The second-order valence-electron chi connectivity index (χ2n) is 4.96. The Bertz CT molecular complexity index is 192.